The summed E-state index contributed by atoms with van der Waals surface area (Å²) in [4.78, 5) is 29.0. The number of nitrogens with one attached hydrogen (secondary N) is 2. The van der Waals surface area contributed by atoms with Gasteiger partial charge in [-0.3, -0.25) is 14.9 Å². The van der Waals surface area contributed by atoms with Crippen LogP contribution in [-0.2, 0) is 4.79 Å². The summed E-state index contributed by atoms with van der Waals surface area (Å²) in [6.07, 6.45) is 2.32. The lowest BCUT2D eigenvalue weighted by molar-refractivity contribution is -0.117. The third-order valence-corrected chi connectivity index (χ3v) is 4.66. The van der Waals surface area contributed by atoms with E-state index >= 15 is 0 Å². The molecule has 1 aromatic heterocycles. The van der Waals surface area contributed by atoms with Crippen molar-refractivity contribution in [1.29, 1.82) is 0 Å². The molecule has 3 aromatic rings. The Morgan fingerprint density at radius 3 is 2.58 bits per heavy atom. The molecule has 26 heavy (non-hydrogen) atoms. The summed E-state index contributed by atoms with van der Waals surface area (Å²) in [6.45, 7) is 1.98. The van der Waals surface area contributed by atoms with Gasteiger partial charge in [0.2, 0.25) is 5.91 Å². The first kappa shape index (κ1) is 17.8. The van der Waals surface area contributed by atoms with Crippen LogP contribution in [0.25, 0.3) is 0 Å². The number of carbonyl (C=O) groups excluding carboxylic acids is 2. The van der Waals surface area contributed by atoms with Crippen molar-refractivity contribution in [2.45, 2.75) is 19.3 Å². The largest absolute Gasteiger partial charge is 0.326 e. The van der Waals surface area contributed by atoms with Crippen LogP contribution in [0, 0.1) is 0 Å². The number of nitrogens with zero attached hydrogens (tertiary/aromatic N) is 1. The van der Waals surface area contributed by atoms with E-state index in [4.69, 9.17) is 0 Å². The molecule has 3 rings (SSSR count). The van der Waals surface area contributed by atoms with Gasteiger partial charge >= 0.3 is 0 Å². The summed E-state index contributed by atoms with van der Waals surface area (Å²) >= 11 is 1.35. The second kappa shape index (κ2) is 8.40. The third kappa shape index (κ3) is 4.34. The highest BCUT2D eigenvalue weighted by Crippen LogP contribution is 2.22. The van der Waals surface area contributed by atoms with Crippen LogP contribution in [0.1, 0.15) is 35.2 Å². The average Bonchev–Trinajstić information content (AvgIpc) is 3.16. The lowest BCUT2D eigenvalue weighted by Crippen LogP contribution is -2.21. The summed E-state index contributed by atoms with van der Waals surface area (Å²) in [5.74, 6) is -0.577. The van der Waals surface area contributed by atoms with Crippen LogP contribution in [0.4, 0.5) is 10.8 Å². The molecule has 1 heterocycles. The fourth-order valence-corrected chi connectivity index (χ4v) is 3.20. The van der Waals surface area contributed by atoms with Crippen LogP contribution >= 0.6 is 11.3 Å². The van der Waals surface area contributed by atoms with Gasteiger partial charge in [0.25, 0.3) is 5.91 Å². The van der Waals surface area contributed by atoms with Crippen molar-refractivity contribution < 1.29 is 9.59 Å². The second-order valence-electron chi connectivity index (χ2n) is 5.73. The molecule has 1 unspecified atom stereocenters. The maximum atomic E-state index is 12.7. The molecule has 2 amide bonds. The van der Waals surface area contributed by atoms with E-state index in [0.29, 0.717) is 22.8 Å². The van der Waals surface area contributed by atoms with Crippen molar-refractivity contribution in [3.63, 3.8) is 0 Å². The highest BCUT2D eigenvalue weighted by atomic mass is 32.1. The first-order valence-corrected chi connectivity index (χ1v) is 9.22. The number of thiazole rings is 1. The molecule has 0 bridgehead atoms. The van der Waals surface area contributed by atoms with Gasteiger partial charge in [-0.1, -0.05) is 43.3 Å². The smallest absolute Gasteiger partial charge is 0.257 e. The molecule has 0 saturated heterocycles. The summed E-state index contributed by atoms with van der Waals surface area (Å²) in [7, 11) is 0. The fourth-order valence-electron chi connectivity index (χ4n) is 2.68. The molecule has 132 valence electrons. The topological polar surface area (TPSA) is 71.1 Å². The Labute approximate surface area is 156 Å². The molecule has 5 nitrogen and oxygen atoms in total. The Morgan fingerprint density at radius 1 is 1.08 bits per heavy atom. The van der Waals surface area contributed by atoms with Crippen LogP contribution in [0.2, 0.25) is 0 Å². The van der Waals surface area contributed by atoms with E-state index in [2.05, 4.69) is 15.6 Å². The van der Waals surface area contributed by atoms with Gasteiger partial charge in [-0.05, 0) is 30.2 Å². The van der Waals surface area contributed by atoms with Crippen LogP contribution < -0.4 is 10.6 Å². The van der Waals surface area contributed by atoms with Crippen molar-refractivity contribution in [2.24, 2.45) is 0 Å². The maximum absolute atomic E-state index is 12.7. The first-order valence-electron chi connectivity index (χ1n) is 8.34. The minimum absolute atomic E-state index is 0.0869. The monoisotopic (exact) mass is 365 g/mol. The van der Waals surface area contributed by atoms with Gasteiger partial charge in [0.05, 0.1) is 5.92 Å². The summed E-state index contributed by atoms with van der Waals surface area (Å²) in [5, 5.41) is 7.98. The number of anilines is 2. The van der Waals surface area contributed by atoms with Gasteiger partial charge in [0.15, 0.2) is 5.13 Å². The second-order valence-corrected chi connectivity index (χ2v) is 6.63. The molecule has 1 atom stereocenters. The van der Waals surface area contributed by atoms with Gasteiger partial charge < -0.3 is 5.32 Å². The molecule has 0 radical (unpaired) electrons. The van der Waals surface area contributed by atoms with Gasteiger partial charge in [-0.25, -0.2) is 4.98 Å². The van der Waals surface area contributed by atoms with E-state index in [1.165, 1.54) is 11.3 Å². The van der Waals surface area contributed by atoms with Crippen molar-refractivity contribution >= 4 is 34.0 Å². The van der Waals surface area contributed by atoms with E-state index in [1.54, 1.807) is 35.8 Å². The van der Waals surface area contributed by atoms with Crippen LogP contribution in [-0.4, -0.2) is 16.8 Å². The highest BCUT2D eigenvalue weighted by molar-refractivity contribution is 7.13. The zero-order valence-corrected chi connectivity index (χ0v) is 15.1. The first-order chi connectivity index (χ1) is 12.7. The van der Waals surface area contributed by atoms with Crippen molar-refractivity contribution in [3.8, 4) is 0 Å². The van der Waals surface area contributed by atoms with Crippen LogP contribution in [0.5, 0.6) is 0 Å². The molecular formula is C20H19N3O2S. The number of aromatic nitrogens is 1. The molecular weight excluding hydrogens is 346 g/mol. The van der Waals surface area contributed by atoms with E-state index in [1.807, 2.05) is 37.3 Å². The Kier molecular flexibility index (Phi) is 5.76. The number of hydrogen-bond donors (Lipinski definition) is 2. The molecule has 2 aromatic carbocycles. The van der Waals surface area contributed by atoms with E-state index in [9.17, 15) is 9.59 Å². The quantitative estimate of drug-likeness (QED) is 0.674. The van der Waals surface area contributed by atoms with E-state index in [-0.39, 0.29) is 17.7 Å². The van der Waals surface area contributed by atoms with Gasteiger partial charge in [0.1, 0.15) is 0 Å². The molecule has 0 spiro atoms. The SMILES string of the molecule is CCC(C(=O)Nc1cccc(C(=O)Nc2nccs2)c1)c1ccccc1. The molecule has 2 N–H and O–H groups in total. The Balaban J connectivity index is 1.71. The summed E-state index contributed by atoms with van der Waals surface area (Å²) < 4.78 is 0. The van der Waals surface area contributed by atoms with E-state index in [0.717, 1.165) is 5.56 Å². The van der Waals surface area contributed by atoms with E-state index < -0.39 is 0 Å². The minimum atomic E-state index is -0.258. The summed E-state index contributed by atoms with van der Waals surface area (Å²) in [6, 6.07) is 16.6. The molecule has 0 aliphatic rings. The Hall–Kier alpha value is -2.99. The predicted octanol–water partition coefficient (Wildman–Crippen LogP) is 4.53. The van der Waals surface area contributed by atoms with Crippen molar-refractivity contribution in [2.75, 3.05) is 10.6 Å². The lowest BCUT2D eigenvalue weighted by Gasteiger charge is -2.15. The van der Waals surface area contributed by atoms with Gasteiger partial charge in [0, 0.05) is 22.8 Å². The standard InChI is InChI=1S/C20H19N3O2S/c1-2-17(14-7-4-3-5-8-14)19(25)22-16-10-6-9-15(13-16)18(24)23-20-21-11-12-26-20/h3-13,17H,2H2,1H3,(H,22,25)(H,21,23,24). The lowest BCUT2D eigenvalue weighted by atomic mass is 9.95. The van der Waals surface area contributed by atoms with Crippen LogP contribution in [0.3, 0.4) is 0 Å². The summed E-state index contributed by atoms with van der Waals surface area (Å²) in [5.41, 5.74) is 2.03. The normalized spacial score (nSPS) is 11.6. The zero-order valence-electron chi connectivity index (χ0n) is 14.3. The number of amides is 2. The third-order valence-electron chi connectivity index (χ3n) is 3.97. The molecule has 0 aliphatic carbocycles. The molecule has 0 saturated carbocycles. The number of rotatable bonds is 6. The highest BCUT2D eigenvalue weighted by Gasteiger charge is 2.19. The minimum Gasteiger partial charge on any atom is -0.326 e. The van der Waals surface area contributed by atoms with Crippen molar-refractivity contribution in [1.82, 2.24) is 4.98 Å². The maximum Gasteiger partial charge on any atom is 0.257 e. The van der Waals surface area contributed by atoms with Crippen molar-refractivity contribution in [3.05, 3.63) is 77.3 Å². The van der Waals surface area contributed by atoms with Gasteiger partial charge in [-0.2, -0.15) is 0 Å². The average molecular weight is 365 g/mol. The predicted molar refractivity (Wildman–Crippen MR) is 105 cm³/mol. The number of hydrogen-bond acceptors (Lipinski definition) is 4. The molecule has 0 aliphatic heterocycles. The Morgan fingerprint density at radius 2 is 1.88 bits per heavy atom. The molecule has 6 heteroatoms. The fraction of sp³-hybridized carbons (Fsp3) is 0.150. The van der Waals surface area contributed by atoms with Crippen LogP contribution in [0.15, 0.2) is 66.2 Å². The zero-order chi connectivity index (χ0) is 18.4. The molecule has 0 fully saturated rings. The number of benzene rings is 2. The Bertz CT molecular complexity index is 879. The number of carbonyl (C=O) groups is 2. The van der Waals surface area contributed by atoms with Gasteiger partial charge in [-0.15, -0.1) is 11.3 Å².